The maximum atomic E-state index is 13.0. The van der Waals surface area contributed by atoms with Crippen LogP contribution in [0, 0.1) is 0 Å². The van der Waals surface area contributed by atoms with Gasteiger partial charge in [-0.3, -0.25) is 4.79 Å². The molecule has 0 saturated carbocycles. The molecule has 3 aromatic rings. The van der Waals surface area contributed by atoms with Gasteiger partial charge in [-0.15, -0.1) is 0 Å². The number of aromatic nitrogens is 2. The maximum absolute atomic E-state index is 13.0. The third-order valence-corrected chi connectivity index (χ3v) is 4.97. The second kappa shape index (κ2) is 6.58. The van der Waals surface area contributed by atoms with Gasteiger partial charge >= 0.3 is 0 Å². The fraction of sp³-hybridized carbons (Fsp3) is 0.273. The Morgan fingerprint density at radius 2 is 1.81 bits per heavy atom. The number of para-hydroxylation sites is 2. The predicted octanol–water partition coefficient (Wildman–Crippen LogP) is 4.46. The highest BCUT2D eigenvalue weighted by Gasteiger charge is 2.28. The van der Waals surface area contributed by atoms with E-state index in [9.17, 15) is 4.79 Å². The molecule has 5 heteroatoms. The van der Waals surface area contributed by atoms with E-state index in [0.29, 0.717) is 23.5 Å². The average Bonchev–Trinajstić information content (AvgIpc) is 3.18. The third kappa shape index (κ3) is 2.79. The number of benzene rings is 2. The Kier molecular flexibility index (Phi) is 4.22. The standard InChI is InChI=1S/C22H22N2O3/c1-13(2)24-18-8-6-5-7-17(18)23-21(24)11-15-9-14-10-19(26-3)20(27-4)12-16(14)22(15)25/h5-8,10-13H,9H2,1-4H3. The lowest BCUT2D eigenvalue weighted by molar-refractivity contribution is 0.104. The summed E-state index contributed by atoms with van der Waals surface area (Å²) in [7, 11) is 3.17. The first-order chi connectivity index (χ1) is 13.0. The molecule has 0 aliphatic heterocycles. The van der Waals surface area contributed by atoms with E-state index in [-0.39, 0.29) is 11.8 Å². The van der Waals surface area contributed by atoms with Crippen molar-refractivity contribution in [2.75, 3.05) is 14.2 Å². The van der Waals surface area contributed by atoms with Gasteiger partial charge in [0.1, 0.15) is 5.82 Å². The molecule has 1 aliphatic rings. The van der Waals surface area contributed by atoms with Crippen molar-refractivity contribution in [2.24, 2.45) is 0 Å². The molecule has 1 aromatic heterocycles. The number of Topliss-reactive ketones (excluding diaryl/α,β-unsaturated/α-hetero) is 1. The number of fused-ring (bicyclic) bond motifs is 2. The summed E-state index contributed by atoms with van der Waals surface area (Å²) in [4.78, 5) is 17.7. The Balaban J connectivity index is 1.81. The van der Waals surface area contributed by atoms with Gasteiger partial charge in [-0.2, -0.15) is 0 Å². The Labute approximate surface area is 158 Å². The lowest BCUT2D eigenvalue weighted by Gasteiger charge is -2.11. The van der Waals surface area contributed by atoms with E-state index >= 15 is 0 Å². The predicted molar refractivity (Wildman–Crippen MR) is 106 cm³/mol. The topological polar surface area (TPSA) is 53.4 Å². The van der Waals surface area contributed by atoms with Gasteiger partial charge in [0.2, 0.25) is 0 Å². The Morgan fingerprint density at radius 1 is 1.11 bits per heavy atom. The summed E-state index contributed by atoms with van der Waals surface area (Å²) >= 11 is 0. The molecule has 1 heterocycles. The van der Waals surface area contributed by atoms with E-state index in [2.05, 4.69) is 24.5 Å². The van der Waals surface area contributed by atoms with Crippen LogP contribution in [0.15, 0.2) is 42.0 Å². The zero-order valence-corrected chi connectivity index (χ0v) is 15.9. The normalized spacial score (nSPS) is 15.0. The van der Waals surface area contributed by atoms with Crippen LogP contribution in [-0.4, -0.2) is 29.6 Å². The fourth-order valence-electron chi connectivity index (χ4n) is 3.72. The number of imidazole rings is 1. The molecule has 1 aliphatic carbocycles. The Morgan fingerprint density at radius 3 is 2.52 bits per heavy atom. The molecule has 0 fully saturated rings. The number of carbonyl (C=O) groups is 1. The van der Waals surface area contributed by atoms with Crippen LogP contribution >= 0.6 is 0 Å². The van der Waals surface area contributed by atoms with Crippen LogP contribution in [0.3, 0.4) is 0 Å². The number of allylic oxidation sites excluding steroid dienone is 1. The van der Waals surface area contributed by atoms with Crippen molar-refractivity contribution >= 4 is 22.9 Å². The van der Waals surface area contributed by atoms with Gasteiger partial charge in [0.05, 0.1) is 25.3 Å². The minimum atomic E-state index is 0.0216. The highest BCUT2D eigenvalue weighted by atomic mass is 16.5. The van der Waals surface area contributed by atoms with Gasteiger partial charge in [-0.1, -0.05) is 12.1 Å². The van der Waals surface area contributed by atoms with Gasteiger partial charge in [0, 0.05) is 23.6 Å². The van der Waals surface area contributed by atoms with Crippen LogP contribution in [0.25, 0.3) is 17.1 Å². The first kappa shape index (κ1) is 17.3. The summed E-state index contributed by atoms with van der Waals surface area (Å²) in [5.41, 5.74) is 4.37. The van der Waals surface area contributed by atoms with E-state index in [4.69, 9.17) is 14.5 Å². The maximum Gasteiger partial charge on any atom is 0.189 e. The van der Waals surface area contributed by atoms with Gasteiger partial charge in [-0.05, 0) is 49.8 Å². The van der Waals surface area contributed by atoms with Crippen molar-refractivity contribution < 1.29 is 14.3 Å². The molecule has 138 valence electrons. The smallest absolute Gasteiger partial charge is 0.189 e. The molecule has 0 N–H and O–H groups in total. The highest BCUT2D eigenvalue weighted by Crippen LogP contribution is 2.37. The first-order valence-corrected chi connectivity index (χ1v) is 9.00. The monoisotopic (exact) mass is 362 g/mol. The zero-order valence-electron chi connectivity index (χ0n) is 15.9. The molecular weight excluding hydrogens is 340 g/mol. The van der Waals surface area contributed by atoms with Crippen molar-refractivity contribution in [2.45, 2.75) is 26.3 Å². The van der Waals surface area contributed by atoms with Crippen molar-refractivity contribution in [3.63, 3.8) is 0 Å². The minimum Gasteiger partial charge on any atom is -0.493 e. The van der Waals surface area contributed by atoms with Crippen molar-refractivity contribution in [1.29, 1.82) is 0 Å². The summed E-state index contributed by atoms with van der Waals surface area (Å²) in [6.45, 7) is 4.24. The van der Waals surface area contributed by atoms with Crippen LogP contribution in [-0.2, 0) is 6.42 Å². The van der Waals surface area contributed by atoms with Crippen LogP contribution < -0.4 is 9.47 Å². The largest absolute Gasteiger partial charge is 0.493 e. The van der Waals surface area contributed by atoms with Crippen LogP contribution in [0.4, 0.5) is 0 Å². The summed E-state index contributed by atoms with van der Waals surface area (Å²) < 4.78 is 12.9. The van der Waals surface area contributed by atoms with Gasteiger partial charge in [0.15, 0.2) is 17.3 Å². The SMILES string of the molecule is COc1cc2c(cc1OC)C(=O)C(=Cc1nc3ccccc3n1C(C)C)C2. The molecule has 0 unspecified atom stereocenters. The number of ketones is 1. The van der Waals surface area contributed by atoms with Crippen LogP contribution in [0.5, 0.6) is 11.5 Å². The molecule has 0 spiro atoms. The molecule has 5 nitrogen and oxygen atoms in total. The molecular formula is C22H22N2O3. The van der Waals surface area contributed by atoms with Crippen LogP contribution in [0.2, 0.25) is 0 Å². The number of carbonyl (C=O) groups excluding carboxylic acids is 1. The zero-order chi connectivity index (χ0) is 19.1. The molecule has 27 heavy (non-hydrogen) atoms. The molecule has 0 atom stereocenters. The number of nitrogens with zero attached hydrogens (tertiary/aromatic N) is 2. The molecule has 4 rings (SSSR count). The molecule has 2 aromatic carbocycles. The number of hydrogen-bond acceptors (Lipinski definition) is 4. The van der Waals surface area contributed by atoms with Crippen molar-refractivity contribution in [3.8, 4) is 11.5 Å². The molecule has 0 saturated heterocycles. The summed E-state index contributed by atoms with van der Waals surface area (Å²) in [6.07, 6.45) is 2.48. The quantitative estimate of drug-likeness (QED) is 0.643. The number of ether oxygens (including phenoxy) is 2. The Hall–Kier alpha value is -3.08. The van der Waals surface area contributed by atoms with E-state index < -0.39 is 0 Å². The first-order valence-electron chi connectivity index (χ1n) is 9.00. The Bertz CT molecular complexity index is 1080. The summed E-state index contributed by atoms with van der Waals surface area (Å²) in [5, 5.41) is 0. The highest BCUT2D eigenvalue weighted by molar-refractivity contribution is 6.15. The lowest BCUT2D eigenvalue weighted by Crippen LogP contribution is -2.04. The van der Waals surface area contributed by atoms with Gasteiger partial charge < -0.3 is 14.0 Å². The molecule has 0 amide bonds. The number of methoxy groups -OCH3 is 2. The third-order valence-electron chi connectivity index (χ3n) is 4.97. The van der Waals surface area contributed by atoms with E-state index in [0.717, 1.165) is 28.0 Å². The van der Waals surface area contributed by atoms with E-state index in [1.54, 1.807) is 20.3 Å². The second-order valence-electron chi connectivity index (χ2n) is 6.96. The molecule has 0 radical (unpaired) electrons. The fourth-order valence-corrected chi connectivity index (χ4v) is 3.72. The van der Waals surface area contributed by atoms with Gasteiger partial charge in [0.25, 0.3) is 0 Å². The minimum absolute atomic E-state index is 0.0216. The molecule has 0 bridgehead atoms. The van der Waals surface area contributed by atoms with Crippen molar-refractivity contribution in [3.05, 3.63) is 58.9 Å². The summed E-state index contributed by atoms with van der Waals surface area (Å²) in [5.74, 6) is 2.04. The van der Waals surface area contributed by atoms with E-state index in [1.165, 1.54) is 0 Å². The number of hydrogen-bond donors (Lipinski definition) is 0. The van der Waals surface area contributed by atoms with Gasteiger partial charge in [-0.25, -0.2) is 4.98 Å². The average molecular weight is 362 g/mol. The summed E-state index contributed by atoms with van der Waals surface area (Å²) in [6, 6.07) is 11.9. The van der Waals surface area contributed by atoms with E-state index in [1.807, 2.05) is 30.3 Å². The van der Waals surface area contributed by atoms with Crippen molar-refractivity contribution in [1.82, 2.24) is 9.55 Å². The lowest BCUT2D eigenvalue weighted by atomic mass is 10.1. The second-order valence-corrected chi connectivity index (χ2v) is 6.96. The van der Waals surface area contributed by atoms with Crippen LogP contribution in [0.1, 0.15) is 41.6 Å². The number of rotatable bonds is 4.